The van der Waals surface area contributed by atoms with Crippen LogP contribution in [0.4, 0.5) is 11.4 Å². The Hall–Kier alpha value is -4.21. The van der Waals surface area contributed by atoms with Crippen LogP contribution in [0.2, 0.25) is 0 Å². The summed E-state index contributed by atoms with van der Waals surface area (Å²) < 4.78 is 9.97. The molecule has 2 aromatic carbocycles. The molecule has 3 aromatic rings. The number of nitro groups is 1. The average molecular weight is 397 g/mol. The van der Waals surface area contributed by atoms with Gasteiger partial charge >= 0.3 is 5.97 Å². The van der Waals surface area contributed by atoms with Crippen molar-refractivity contribution in [3.05, 3.63) is 74.6 Å². The molecule has 1 aromatic heterocycles. The number of nitro benzene ring substituents is 1. The molecule has 3 rings (SSSR count). The second-order valence-electron chi connectivity index (χ2n) is 5.86. The summed E-state index contributed by atoms with van der Waals surface area (Å²) >= 11 is 0. The summed E-state index contributed by atoms with van der Waals surface area (Å²) in [4.78, 5) is 49.4. The maximum Gasteiger partial charge on any atom is 0.355 e. The number of amides is 1. The standard InChI is InChI=1S/C19H15N3O7/c1-28-17-7-6-11(22(26)27)8-14(17)21-18(24)10-29-19(25)15-9-16(23)12-4-2-3-5-13(12)20-15/h2-9H,10H2,1H3,(H,20,23)(H,21,24). The van der Waals surface area contributed by atoms with Gasteiger partial charge in [0.1, 0.15) is 11.4 Å². The Morgan fingerprint density at radius 3 is 2.66 bits per heavy atom. The normalized spacial score (nSPS) is 10.4. The van der Waals surface area contributed by atoms with Crippen molar-refractivity contribution in [3.63, 3.8) is 0 Å². The number of hydrogen-bond donors (Lipinski definition) is 2. The fraction of sp³-hybridized carbons (Fsp3) is 0.105. The number of aromatic amines is 1. The van der Waals surface area contributed by atoms with Crippen LogP contribution in [-0.2, 0) is 9.53 Å². The highest BCUT2D eigenvalue weighted by atomic mass is 16.6. The average Bonchev–Trinajstić information content (AvgIpc) is 2.71. The van der Waals surface area contributed by atoms with E-state index in [4.69, 9.17) is 9.47 Å². The number of pyridine rings is 1. The predicted octanol–water partition coefficient (Wildman–Crippen LogP) is 2.24. The van der Waals surface area contributed by atoms with Crippen LogP contribution in [-0.4, -0.2) is 35.5 Å². The van der Waals surface area contributed by atoms with Crippen molar-refractivity contribution in [2.45, 2.75) is 0 Å². The number of fused-ring (bicyclic) bond motifs is 1. The van der Waals surface area contributed by atoms with Crippen LogP contribution in [0.1, 0.15) is 10.5 Å². The number of hydrogen-bond acceptors (Lipinski definition) is 7. The minimum atomic E-state index is -0.894. The summed E-state index contributed by atoms with van der Waals surface area (Å²) in [5.41, 5.74) is -0.196. The van der Waals surface area contributed by atoms with Crippen molar-refractivity contribution in [1.29, 1.82) is 0 Å². The van der Waals surface area contributed by atoms with Crippen molar-refractivity contribution in [2.24, 2.45) is 0 Å². The fourth-order valence-electron chi connectivity index (χ4n) is 2.61. The van der Waals surface area contributed by atoms with E-state index in [-0.39, 0.29) is 28.2 Å². The number of rotatable bonds is 6. The molecule has 0 bridgehead atoms. The van der Waals surface area contributed by atoms with Crippen LogP contribution < -0.4 is 15.5 Å². The monoisotopic (exact) mass is 397 g/mol. The van der Waals surface area contributed by atoms with E-state index < -0.39 is 23.4 Å². The summed E-state index contributed by atoms with van der Waals surface area (Å²) in [6, 6.07) is 11.4. The molecule has 0 aliphatic rings. The first-order valence-corrected chi connectivity index (χ1v) is 8.30. The Morgan fingerprint density at radius 1 is 1.17 bits per heavy atom. The highest BCUT2D eigenvalue weighted by molar-refractivity contribution is 5.96. The smallest absolute Gasteiger partial charge is 0.355 e. The van der Waals surface area contributed by atoms with Crippen molar-refractivity contribution >= 4 is 34.2 Å². The fourth-order valence-corrected chi connectivity index (χ4v) is 2.61. The lowest BCUT2D eigenvalue weighted by molar-refractivity contribution is -0.384. The van der Waals surface area contributed by atoms with E-state index in [1.54, 1.807) is 24.3 Å². The topological polar surface area (TPSA) is 141 Å². The van der Waals surface area contributed by atoms with Crippen LogP contribution in [0.5, 0.6) is 5.75 Å². The van der Waals surface area contributed by atoms with Crippen molar-refractivity contribution in [3.8, 4) is 5.75 Å². The highest BCUT2D eigenvalue weighted by Gasteiger charge is 2.16. The van der Waals surface area contributed by atoms with Gasteiger partial charge in [0.2, 0.25) is 0 Å². The number of esters is 1. The van der Waals surface area contributed by atoms with E-state index >= 15 is 0 Å². The number of ether oxygens (including phenoxy) is 2. The number of carbonyl (C=O) groups is 2. The van der Waals surface area contributed by atoms with E-state index in [1.807, 2.05) is 0 Å². The minimum Gasteiger partial charge on any atom is -0.495 e. The van der Waals surface area contributed by atoms with E-state index in [0.29, 0.717) is 10.9 Å². The maximum absolute atomic E-state index is 12.2. The summed E-state index contributed by atoms with van der Waals surface area (Å²) in [5.74, 6) is -1.43. The van der Waals surface area contributed by atoms with Gasteiger partial charge in [-0.15, -0.1) is 0 Å². The SMILES string of the molecule is COc1ccc([N+](=O)[O-])cc1NC(=O)COC(=O)c1cc(=O)c2ccccc2[nH]1. The number of nitrogens with zero attached hydrogens (tertiary/aromatic N) is 1. The third kappa shape index (κ3) is 4.38. The van der Waals surface area contributed by atoms with Crippen molar-refractivity contribution < 1.29 is 24.0 Å². The van der Waals surface area contributed by atoms with E-state index in [0.717, 1.165) is 12.1 Å². The van der Waals surface area contributed by atoms with Crippen LogP contribution in [0, 0.1) is 10.1 Å². The molecule has 1 heterocycles. The molecule has 0 saturated heterocycles. The quantitative estimate of drug-likeness (QED) is 0.369. The van der Waals surface area contributed by atoms with Crippen LogP contribution in [0.15, 0.2) is 53.3 Å². The zero-order chi connectivity index (χ0) is 21.0. The molecule has 10 heteroatoms. The number of aromatic nitrogens is 1. The second-order valence-corrected chi connectivity index (χ2v) is 5.86. The minimum absolute atomic E-state index is 0.0573. The predicted molar refractivity (Wildman–Crippen MR) is 103 cm³/mol. The number of benzene rings is 2. The van der Waals surface area contributed by atoms with E-state index in [9.17, 15) is 24.5 Å². The maximum atomic E-state index is 12.2. The Morgan fingerprint density at radius 2 is 1.93 bits per heavy atom. The van der Waals surface area contributed by atoms with E-state index in [1.165, 1.54) is 19.2 Å². The number of para-hydroxylation sites is 1. The lowest BCUT2D eigenvalue weighted by Gasteiger charge is -2.10. The first-order valence-electron chi connectivity index (χ1n) is 8.30. The van der Waals surface area contributed by atoms with Crippen molar-refractivity contribution in [2.75, 3.05) is 19.0 Å². The van der Waals surface area contributed by atoms with Gasteiger partial charge in [-0.3, -0.25) is 19.7 Å². The summed E-state index contributed by atoms with van der Waals surface area (Å²) in [6.07, 6.45) is 0. The summed E-state index contributed by atoms with van der Waals surface area (Å²) in [7, 11) is 1.34. The number of H-pyrrole nitrogens is 1. The molecule has 148 valence electrons. The second kappa shape index (κ2) is 8.21. The molecule has 1 amide bonds. The molecule has 2 N–H and O–H groups in total. The molecule has 0 saturated carbocycles. The van der Waals surface area contributed by atoms with Gasteiger partial charge in [0, 0.05) is 29.1 Å². The Balaban J connectivity index is 1.70. The molecule has 0 aliphatic carbocycles. The summed E-state index contributed by atoms with van der Waals surface area (Å²) in [5, 5.41) is 13.7. The number of non-ortho nitro benzene ring substituents is 1. The van der Waals surface area contributed by atoms with Gasteiger partial charge in [-0.25, -0.2) is 4.79 Å². The van der Waals surface area contributed by atoms with Gasteiger partial charge in [-0.2, -0.15) is 0 Å². The largest absolute Gasteiger partial charge is 0.495 e. The number of nitrogens with one attached hydrogen (secondary N) is 2. The molecule has 29 heavy (non-hydrogen) atoms. The highest BCUT2D eigenvalue weighted by Crippen LogP contribution is 2.28. The van der Waals surface area contributed by atoms with E-state index in [2.05, 4.69) is 10.3 Å². The lowest BCUT2D eigenvalue weighted by atomic mass is 10.2. The van der Waals surface area contributed by atoms with Gasteiger partial charge in [-0.05, 0) is 18.2 Å². The number of anilines is 1. The van der Waals surface area contributed by atoms with Gasteiger partial charge < -0.3 is 19.8 Å². The molecular formula is C19H15N3O7. The Bertz CT molecular complexity index is 1170. The van der Waals surface area contributed by atoms with Crippen LogP contribution >= 0.6 is 0 Å². The molecule has 0 radical (unpaired) electrons. The number of carbonyl (C=O) groups excluding carboxylic acids is 2. The molecule has 0 fully saturated rings. The van der Waals surface area contributed by atoms with Crippen LogP contribution in [0.3, 0.4) is 0 Å². The van der Waals surface area contributed by atoms with Gasteiger partial charge in [0.25, 0.3) is 11.6 Å². The Labute approximate surface area is 163 Å². The first kappa shape index (κ1) is 19.5. The molecule has 10 nitrogen and oxygen atoms in total. The third-order valence-corrected chi connectivity index (χ3v) is 3.96. The summed E-state index contributed by atoms with van der Waals surface area (Å²) in [6.45, 7) is -0.667. The molecule has 0 aliphatic heterocycles. The Kier molecular flexibility index (Phi) is 5.54. The van der Waals surface area contributed by atoms with Crippen molar-refractivity contribution in [1.82, 2.24) is 4.98 Å². The zero-order valence-corrected chi connectivity index (χ0v) is 15.1. The van der Waals surface area contributed by atoms with Gasteiger partial charge in [0.15, 0.2) is 12.0 Å². The molecular weight excluding hydrogens is 382 g/mol. The molecule has 0 unspecified atom stereocenters. The lowest BCUT2D eigenvalue weighted by Crippen LogP contribution is -2.22. The van der Waals surface area contributed by atoms with Crippen LogP contribution in [0.25, 0.3) is 10.9 Å². The number of methoxy groups -OCH3 is 1. The van der Waals surface area contributed by atoms with Gasteiger partial charge in [-0.1, -0.05) is 12.1 Å². The zero-order valence-electron chi connectivity index (χ0n) is 15.1. The molecule has 0 spiro atoms. The van der Waals surface area contributed by atoms with Gasteiger partial charge in [0.05, 0.1) is 17.7 Å². The first-order chi connectivity index (χ1) is 13.9. The molecule has 0 atom stereocenters. The third-order valence-electron chi connectivity index (χ3n) is 3.96.